The van der Waals surface area contributed by atoms with Crippen molar-refractivity contribution < 1.29 is 9.53 Å². The third kappa shape index (κ3) is 2.17. The quantitative estimate of drug-likeness (QED) is 0.802. The molecule has 0 atom stereocenters. The molecule has 0 aromatic heterocycles. The van der Waals surface area contributed by atoms with Gasteiger partial charge in [-0.2, -0.15) is 11.8 Å². The predicted octanol–water partition coefficient (Wildman–Crippen LogP) is 3.84. The Morgan fingerprint density at radius 3 is 2.76 bits per heavy atom. The zero-order valence-corrected chi connectivity index (χ0v) is 12.9. The minimum absolute atomic E-state index is 0.0509. The molecule has 0 radical (unpaired) electrons. The number of rotatable bonds is 0. The molecule has 2 aromatic rings. The fraction of sp³-hybridized carbons (Fsp3) is 0.312. The van der Waals surface area contributed by atoms with Gasteiger partial charge in [-0.25, -0.2) is 0 Å². The van der Waals surface area contributed by atoms with Gasteiger partial charge in [-0.1, -0.05) is 23.7 Å². The summed E-state index contributed by atoms with van der Waals surface area (Å²) in [5, 5.41) is 5.66. The average Bonchev–Trinajstić information content (AvgIpc) is 2.48. The first-order valence-corrected chi connectivity index (χ1v) is 8.52. The number of carbonyl (C=O) groups excluding carboxylic acids is 1. The molecule has 4 rings (SSSR count). The summed E-state index contributed by atoms with van der Waals surface area (Å²) < 4.78 is 6.30. The Morgan fingerprint density at radius 2 is 1.95 bits per heavy atom. The number of nitrogens with one attached hydrogen (secondary N) is 1. The van der Waals surface area contributed by atoms with Crippen LogP contribution in [-0.4, -0.2) is 23.1 Å². The third-order valence-electron chi connectivity index (χ3n) is 4.12. The van der Waals surface area contributed by atoms with E-state index in [1.165, 1.54) is 0 Å². The zero-order valence-electron chi connectivity index (χ0n) is 11.3. The molecule has 1 N–H and O–H groups in total. The van der Waals surface area contributed by atoms with Crippen molar-refractivity contribution in [1.82, 2.24) is 5.32 Å². The first kappa shape index (κ1) is 13.3. The van der Waals surface area contributed by atoms with Crippen LogP contribution >= 0.6 is 23.4 Å². The highest BCUT2D eigenvalue weighted by atomic mass is 35.5. The van der Waals surface area contributed by atoms with Gasteiger partial charge < -0.3 is 10.1 Å². The van der Waals surface area contributed by atoms with Crippen LogP contribution in [0.5, 0.6) is 5.75 Å². The second kappa shape index (κ2) is 4.82. The molecule has 0 unspecified atom stereocenters. The van der Waals surface area contributed by atoms with E-state index in [1.807, 2.05) is 42.1 Å². The van der Waals surface area contributed by atoms with Gasteiger partial charge in [0.15, 0.2) is 5.72 Å². The van der Waals surface area contributed by atoms with Crippen LogP contribution < -0.4 is 10.1 Å². The Balaban J connectivity index is 1.90. The predicted molar refractivity (Wildman–Crippen MR) is 86.3 cm³/mol. The van der Waals surface area contributed by atoms with Crippen LogP contribution in [0.4, 0.5) is 0 Å². The number of amides is 1. The van der Waals surface area contributed by atoms with E-state index in [2.05, 4.69) is 5.32 Å². The van der Waals surface area contributed by atoms with Gasteiger partial charge in [-0.3, -0.25) is 4.79 Å². The second-order valence-corrected chi connectivity index (χ2v) is 7.13. The first-order chi connectivity index (χ1) is 10.2. The van der Waals surface area contributed by atoms with E-state index in [0.717, 1.165) is 35.1 Å². The van der Waals surface area contributed by atoms with Crippen molar-refractivity contribution in [3.8, 4) is 5.75 Å². The smallest absolute Gasteiger partial charge is 0.258 e. The van der Waals surface area contributed by atoms with Gasteiger partial charge in [0, 0.05) is 23.3 Å². The molecule has 2 aliphatic rings. The summed E-state index contributed by atoms with van der Waals surface area (Å²) in [6, 6.07) is 9.44. The Morgan fingerprint density at radius 1 is 1.19 bits per heavy atom. The molecule has 21 heavy (non-hydrogen) atoms. The minimum Gasteiger partial charge on any atom is -0.467 e. The van der Waals surface area contributed by atoms with E-state index in [9.17, 15) is 4.79 Å². The molecule has 1 spiro atoms. The molecule has 1 amide bonds. The largest absolute Gasteiger partial charge is 0.467 e. The molecule has 0 aliphatic carbocycles. The molecular formula is C16H14ClNO2S. The maximum atomic E-state index is 12.5. The fourth-order valence-electron chi connectivity index (χ4n) is 2.98. The summed E-state index contributed by atoms with van der Waals surface area (Å²) in [6.07, 6.45) is 1.67. The van der Waals surface area contributed by atoms with Gasteiger partial charge in [-0.05, 0) is 35.1 Å². The molecule has 1 fully saturated rings. The zero-order chi connectivity index (χ0) is 14.4. The first-order valence-electron chi connectivity index (χ1n) is 6.98. The lowest BCUT2D eigenvalue weighted by Crippen LogP contribution is -2.57. The lowest BCUT2D eigenvalue weighted by molar-refractivity contribution is 0.0138. The summed E-state index contributed by atoms with van der Waals surface area (Å²) in [5.41, 5.74) is 0.0416. The van der Waals surface area contributed by atoms with E-state index in [0.29, 0.717) is 16.3 Å². The molecule has 2 aliphatic heterocycles. The average molecular weight is 320 g/mol. The number of benzene rings is 2. The molecule has 3 nitrogen and oxygen atoms in total. The number of halogens is 1. The number of hydrogen-bond donors (Lipinski definition) is 1. The van der Waals surface area contributed by atoms with Crippen LogP contribution in [-0.2, 0) is 0 Å². The summed E-state index contributed by atoms with van der Waals surface area (Å²) in [7, 11) is 0. The molecule has 2 aromatic carbocycles. The van der Waals surface area contributed by atoms with Crippen LogP contribution in [0.25, 0.3) is 10.8 Å². The van der Waals surface area contributed by atoms with E-state index in [4.69, 9.17) is 16.3 Å². The standard InChI is InChI=1S/C16H14ClNO2S/c17-11-3-1-10-2-4-12-14(13(10)9-11)20-16(18-15(12)19)5-7-21-8-6-16/h1-4,9H,5-8H2,(H,18,19). The van der Waals surface area contributed by atoms with Crippen molar-refractivity contribution >= 4 is 40.0 Å². The van der Waals surface area contributed by atoms with Crippen LogP contribution in [0.15, 0.2) is 30.3 Å². The molecule has 0 saturated carbocycles. The maximum Gasteiger partial charge on any atom is 0.258 e. The summed E-state index contributed by atoms with van der Waals surface area (Å²) in [4.78, 5) is 12.5. The molecule has 2 heterocycles. The van der Waals surface area contributed by atoms with Crippen molar-refractivity contribution in [2.24, 2.45) is 0 Å². The van der Waals surface area contributed by atoms with Gasteiger partial charge in [0.2, 0.25) is 0 Å². The number of hydrogen-bond acceptors (Lipinski definition) is 3. The Hall–Kier alpha value is -1.39. The Bertz CT molecular complexity index is 740. The van der Waals surface area contributed by atoms with E-state index in [1.54, 1.807) is 0 Å². The van der Waals surface area contributed by atoms with Crippen LogP contribution in [0.2, 0.25) is 5.02 Å². The lowest BCUT2D eigenvalue weighted by Gasteiger charge is -2.41. The Labute approximate surface area is 132 Å². The van der Waals surface area contributed by atoms with Crippen molar-refractivity contribution in [3.63, 3.8) is 0 Å². The highest BCUT2D eigenvalue weighted by Gasteiger charge is 2.41. The van der Waals surface area contributed by atoms with Crippen molar-refractivity contribution in [2.45, 2.75) is 18.6 Å². The maximum absolute atomic E-state index is 12.5. The van der Waals surface area contributed by atoms with E-state index < -0.39 is 5.72 Å². The van der Waals surface area contributed by atoms with Gasteiger partial charge in [-0.15, -0.1) is 0 Å². The normalized spacial score (nSPS) is 20.0. The fourth-order valence-corrected chi connectivity index (χ4v) is 4.30. The SMILES string of the molecule is O=C1NC2(CCSCC2)Oc2c1ccc1ccc(Cl)cc21. The van der Waals surface area contributed by atoms with Crippen LogP contribution in [0.3, 0.4) is 0 Å². The third-order valence-corrected chi connectivity index (χ3v) is 5.34. The number of carbonyl (C=O) groups is 1. The number of thioether (sulfide) groups is 1. The summed E-state index contributed by atoms with van der Waals surface area (Å²) in [5.74, 6) is 2.62. The minimum atomic E-state index is -0.550. The summed E-state index contributed by atoms with van der Waals surface area (Å²) >= 11 is 8.01. The number of ether oxygens (including phenoxy) is 1. The summed E-state index contributed by atoms with van der Waals surface area (Å²) in [6.45, 7) is 0. The lowest BCUT2D eigenvalue weighted by atomic mass is 9.99. The molecule has 1 saturated heterocycles. The number of fused-ring (bicyclic) bond motifs is 3. The van der Waals surface area contributed by atoms with Crippen molar-refractivity contribution in [3.05, 3.63) is 40.9 Å². The van der Waals surface area contributed by atoms with Gasteiger partial charge in [0.05, 0.1) is 5.56 Å². The highest BCUT2D eigenvalue weighted by molar-refractivity contribution is 7.99. The van der Waals surface area contributed by atoms with Crippen LogP contribution in [0.1, 0.15) is 23.2 Å². The molecule has 5 heteroatoms. The molecule has 0 bridgehead atoms. The van der Waals surface area contributed by atoms with Gasteiger partial charge >= 0.3 is 0 Å². The van der Waals surface area contributed by atoms with Crippen molar-refractivity contribution in [1.29, 1.82) is 0 Å². The van der Waals surface area contributed by atoms with E-state index in [-0.39, 0.29) is 5.91 Å². The molecular weight excluding hydrogens is 306 g/mol. The van der Waals surface area contributed by atoms with Gasteiger partial charge in [0.1, 0.15) is 5.75 Å². The topological polar surface area (TPSA) is 38.3 Å². The van der Waals surface area contributed by atoms with E-state index >= 15 is 0 Å². The Kier molecular flexibility index (Phi) is 3.05. The highest BCUT2D eigenvalue weighted by Crippen LogP contribution is 2.40. The van der Waals surface area contributed by atoms with Crippen molar-refractivity contribution in [2.75, 3.05) is 11.5 Å². The molecule has 108 valence electrons. The second-order valence-electron chi connectivity index (χ2n) is 5.47. The van der Waals surface area contributed by atoms with Crippen LogP contribution in [0, 0.1) is 0 Å². The monoisotopic (exact) mass is 319 g/mol. The van der Waals surface area contributed by atoms with Gasteiger partial charge in [0.25, 0.3) is 5.91 Å².